The molecule has 0 aliphatic heterocycles. The van der Waals surface area contributed by atoms with Crippen LogP contribution in [0.2, 0.25) is 0 Å². The van der Waals surface area contributed by atoms with E-state index in [-0.39, 0.29) is 21.7 Å². The summed E-state index contributed by atoms with van der Waals surface area (Å²) in [5.74, 6) is 0.800. The molecular weight excluding hydrogens is 1190 g/mol. The van der Waals surface area contributed by atoms with Crippen LogP contribution in [0.1, 0.15) is 284 Å². The van der Waals surface area contributed by atoms with E-state index in [2.05, 4.69) is 286 Å². The van der Waals surface area contributed by atoms with E-state index in [1.165, 1.54) is 44.3 Å². The first kappa shape index (κ1) is 98.8. The minimum Gasteiger partial charge on any atom is -0.452 e. The Kier molecular flexibility index (Phi) is 57.7. The zero-order chi connectivity index (χ0) is 74.4. The number of thiazole rings is 2. The summed E-state index contributed by atoms with van der Waals surface area (Å²) in [6.07, 6.45) is 8.07. The molecule has 0 atom stereocenters. The minimum atomic E-state index is -0.0149. The van der Waals surface area contributed by atoms with Gasteiger partial charge in [0.1, 0.15) is 11.8 Å². The molecule has 10 aromatic rings. The molecule has 5 aromatic carbocycles. The summed E-state index contributed by atoms with van der Waals surface area (Å²) in [7, 11) is 0. The van der Waals surface area contributed by atoms with Gasteiger partial charge in [-0.05, 0) is 80.0 Å². The van der Waals surface area contributed by atoms with Gasteiger partial charge in [0, 0.05) is 39.7 Å². The van der Waals surface area contributed by atoms with Crippen LogP contribution in [0.5, 0.6) is 0 Å². The molecule has 9 heteroatoms. The maximum atomic E-state index is 5.62. The van der Waals surface area contributed by atoms with Gasteiger partial charge in [-0.2, -0.15) is 0 Å². The van der Waals surface area contributed by atoms with Crippen molar-refractivity contribution < 1.29 is 8.83 Å². The second kappa shape index (κ2) is 54.9. The van der Waals surface area contributed by atoms with Crippen molar-refractivity contribution in [3.8, 4) is 0 Å². The maximum Gasteiger partial charge on any atom is 0.200 e. The van der Waals surface area contributed by atoms with Crippen LogP contribution in [0.3, 0.4) is 0 Å². The van der Waals surface area contributed by atoms with Crippen LogP contribution < -0.4 is 0 Å². The van der Waals surface area contributed by atoms with Crippen molar-refractivity contribution in [1.29, 1.82) is 0 Å². The highest BCUT2D eigenvalue weighted by molar-refractivity contribution is 7.18. The largest absolute Gasteiger partial charge is 0.452 e. The maximum absolute atomic E-state index is 5.62. The van der Waals surface area contributed by atoms with E-state index in [0.29, 0.717) is 16.2 Å². The normalized spacial score (nSPS) is 10.2. The first-order valence-electron chi connectivity index (χ1n) is 34.8. The lowest BCUT2D eigenvalue weighted by Crippen LogP contribution is -2.12. The van der Waals surface area contributed by atoms with Crippen LogP contribution >= 0.6 is 22.7 Å². The third kappa shape index (κ3) is 53.0. The summed E-state index contributed by atoms with van der Waals surface area (Å²) >= 11 is 3.39. The Bertz CT molecular complexity index is 2860. The Morgan fingerprint density at radius 2 is 0.819 bits per heavy atom. The SMILES string of the molecule is CC.CC.CC.CC.CC.CC.CC.CC(C)(C)C.CC(C)(C)C.CC(C)(C)c1ccc2ccccc2c1.CC(C)(C)c1ccccc1.CC(C)(C)c1ccccn1.CC(C)(C)c1nc2ccccc2o1.CC(C)(C)c1nc2ccccc2s1.c1cocn1.c1cscn1. The van der Waals surface area contributed by atoms with E-state index < -0.39 is 0 Å². The summed E-state index contributed by atoms with van der Waals surface area (Å²) in [6.45, 7) is 78.3. The van der Waals surface area contributed by atoms with E-state index in [0.717, 1.165) is 28.2 Å². The number of hydrogen-bond donors (Lipinski definition) is 0. The Morgan fingerprint density at radius 3 is 1.16 bits per heavy atom. The van der Waals surface area contributed by atoms with Crippen LogP contribution in [-0.2, 0) is 27.1 Å². The van der Waals surface area contributed by atoms with Crippen LogP contribution in [0.15, 0.2) is 190 Å². The Hall–Kier alpha value is -6.29. The number of benzene rings is 5. The van der Waals surface area contributed by atoms with Crippen molar-refractivity contribution in [1.82, 2.24) is 24.9 Å². The van der Waals surface area contributed by atoms with Gasteiger partial charge in [-0.3, -0.25) is 9.97 Å². The van der Waals surface area contributed by atoms with Gasteiger partial charge in [-0.15, -0.1) is 22.7 Å². The monoisotopic (exact) mass is 1330 g/mol. The topological polar surface area (TPSA) is 90.7 Å². The van der Waals surface area contributed by atoms with Crippen molar-refractivity contribution in [2.75, 3.05) is 0 Å². The molecule has 0 fully saturated rings. The number of aromatic nitrogens is 5. The first-order chi connectivity index (χ1) is 43.9. The fraction of sp³-hybridized carbons (Fsp3) is 0.518. The molecule has 0 aliphatic rings. The predicted molar refractivity (Wildman–Crippen MR) is 430 cm³/mol. The van der Waals surface area contributed by atoms with E-state index in [1.54, 1.807) is 40.6 Å². The number of hydrogen-bond acceptors (Lipinski definition) is 9. The standard InChI is InChI=1S/C14H16.C11H13NO.C11H13NS.C10H14.C9H13N.2C5H12.C3H3NO.C3H3NS.7C2H6/c1-14(2,3)13-9-8-11-6-4-5-7-12(11)10-13;2*1-11(2,3)10-12-8-6-4-5-7-9(8)13-10;1-10(2,3)9-7-5-4-6-8-9;1-9(2,3)8-6-4-5-7-10-8;2*1-5(2,3)4;2*1-2-5-3-4-1;7*1-2/h4-10H,1-3H3;2*4-7H,1-3H3;4-8H,1-3H3;4-7H,1-3H3;2*1-4H3;2*1-3H;7*1-2H3. The molecule has 10 rings (SSSR count). The molecule has 0 aliphatic carbocycles. The molecule has 0 amide bonds. The van der Waals surface area contributed by atoms with Gasteiger partial charge < -0.3 is 8.83 Å². The van der Waals surface area contributed by atoms with Gasteiger partial charge in [0.25, 0.3) is 0 Å². The average molecular weight is 1330 g/mol. The fourth-order valence-electron chi connectivity index (χ4n) is 6.14. The van der Waals surface area contributed by atoms with Gasteiger partial charge in [-0.1, -0.05) is 359 Å². The lowest BCUT2D eigenvalue weighted by molar-refractivity contribution is 0.411. The third-order valence-electron chi connectivity index (χ3n) is 10.3. The first-order valence-corrected chi connectivity index (χ1v) is 36.5. The van der Waals surface area contributed by atoms with E-state index in [4.69, 9.17) is 4.42 Å². The Morgan fingerprint density at radius 1 is 0.362 bits per heavy atom. The lowest BCUT2D eigenvalue weighted by atomic mass is 9.86. The molecule has 0 bridgehead atoms. The second-order valence-electron chi connectivity index (χ2n) is 27.7. The van der Waals surface area contributed by atoms with Crippen LogP contribution in [0.25, 0.3) is 32.1 Å². The van der Waals surface area contributed by atoms with Gasteiger partial charge >= 0.3 is 0 Å². The molecule has 530 valence electrons. The lowest BCUT2D eigenvalue weighted by Gasteiger charge is -2.19. The second-order valence-corrected chi connectivity index (χ2v) is 29.5. The van der Waals surface area contributed by atoms with Crippen LogP contribution in [0, 0.1) is 10.8 Å². The van der Waals surface area contributed by atoms with Crippen molar-refractivity contribution in [2.24, 2.45) is 10.8 Å². The molecule has 0 spiro atoms. The molecule has 0 N–H and O–H groups in total. The van der Waals surface area contributed by atoms with E-state index >= 15 is 0 Å². The molecule has 0 unspecified atom stereocenters. The summed E-state index contributed by atoms with van der Waals surface area (Å²) < 4.78 is 11.4. The molecule has 0 saturated heterocycles. The highest BCUT2D eigenvalue weighted by Crippen LogP contribution is 2.31. The quantitative estimate of drug-likeness (QED) is 0.149. The number of rotatable bonds is 0. The molecular formula is C85H141N5O2S2. The number of fused-ring (bicyclic) bond motifs is 3. The van der Waals surface area contributed by atoms with Crippen molar-refractivity contribution in [2.45, 2.75) is 283 Å². The van der Waals surface area contributed by atoms with Gasteiger partial charge in [0.2, 0.25) is 5.89 Å². The smallest absolute Gasteiger partial charge is 0.200 e. The van der Waals surface area contributed by atoms with Gasteiger partial charge in [0.05, 0.1) is 26.9 Å². The number of pyridine rings is 1. The summed E-state index contributed by atoms with van der Waals surface area (Å²) in [4.78, 5) is 20.6. The number of oxazole rings is 2. The van der Waals surface area contributed by atoms with Gasteiger partial charge in [-0.25, -0.2) is 15.0 Å². The molecule has 7 nitrogen and oxygen atoms in total. The molecule has 5 aromatic heterocycles. The highest BCUT2D eigenvalue weighted by atomic mass is 32.1. The van der Waals surface area contributed by atoms with Crippen LogP contribution in [-0.4, -0.2) is 24.9 Å². The average Bonchev–Trinajstić information content (AvgIpc) is 1.46. The van der Waals surface area contributed by atoms with Gasteiger partial charge in [0.15, 0.2) is 12.0 Å². The number of nitrogens with zero attached hydrogens (tertiary/aromatic N) is 5. The minimum absolute atomic E-state index is 0.0149. The van der Waals surface area contributed by atoms with Crippen molar-refractivity contribution in [3.63, 3.8) is 0 Å². The molecule has 0 radical (unpaired) electrons. The number of para-hydroxylation sites is 3. The molecule has 0 saturated carbocycles. The predicted octanol–water partition coefficient (Wildman–Crippen LogP) is 29.3. The van der Waals surface area contributed by atoms with Crippen molar-refractivity contribution in [3.05, 3.63) is 209 Å². The highest BCUT2D eigenvalue weighted by Gasteiger charge is 2.21. The third-order valence-corrected chi connectivity index (χ3v) is 12.2. The van der Waals surface area contributed by atoms with Crippen LogP contribution in [0.4, 0.5) is 0 Å². The van der Waals surface area contributed by atoms with E-state index in [9.17, 15) is 0 Å². The zero-order valence-electron chi connectivity index (χ0n) is 67.2. The Balaban J connectivity index is -0.000000231. The van der Waals surface area contributed by atoms with Crippen molar-refractivity contribution >= 4 is 54.8 Å². The fourth-order valence-corrected chi connectivity index (χ4v) is 7.51. The molecule has 5 heterocycles. The summed E-state index contributed by atoms with van der Waals surface area (Å²) in [5.41, 5.74) is 10.5. The Labute approximate surface area is 588 Å². The summed E-state index contributed by atoms with van der Waals surface area (Å²) in [6, 6.07) is 47.9. The molecule has 94 heavy (non-hydrogen) atoms. The summed E-state index contributed by atoms with van der Waals surface area (Å²) in [5, 5.41) is 5.80. The van der Waals surface area contributed by atoms with E-state index in [1.807, 2.05) is 151 Å². The zero-order valence-corrected chi connectivity index (χ0v) is 68.8.